The quantitative estimate of drug-likeness (QED) is 0.744. The summed E-state index contributed by atoms with van der Waals surface area (Å²) in [5.41, 5.74) is 3.00. The zero-order valence-electron chi connectivity index (χ0n) is 8.36. The molecule has 1 N–H and O–H groups in total. The predicted molar refractivity (Wildman–Crippen MR) is 57.1 cm³/mol. The Balaban J connectivity index is 2.62. The number of aryl methyl sites for hydroxylation is 1. The number of rotatable bonds is 1. The first kappa shape index (κ1) is 9.16. The van der Waals surface area contributed by atoms with Gasteiger partial charge in [-0.05, 0) is 37.1 Å². The molecular formula is C12H13NO. The van der Waals surface area contributed by atoms with Crippen LogP contribution < -0.4 is 0 Å². The minimum Gasteiger partial charge on any atom is -0.389 e. The third-order valence-corrected chi connectivity index (χ3v) is 2.33. The van der Waals surface area contributed by atoms with Gasteiger partial charge in [0, 0.05) is 11.6 Å². The summed E-state index contributed by atoms with van der Waals surface area (Å²) < 4.78 is 0. The highest BCUT2D eigenvalue weighted by Crippen LogP contribution is 2.19. The second-order valence-corrected chi connectivity index (χ2v) is 3.64. The van der Waals surface area contributed by atoms with Gasteiger partial charge in [-0.3, -0.25) is 4.98 Å². The summed E-state index contributed by atoms with van der Waals surface area (Å²) in [6.07, 6.45) is 1.41. The smallest absolute Gasteiger partial charge is 0.0762 e. The van der Waals surface area contributed by atoms with Crippen LogP contribution in [0.15, 0.2) is 30.5 Å². The van der Waals surface area contributed by atoms with Gasteiger partial charge in [-0.1, -0.05) is 12.1 Å². The number of aliphatic hydroxyl groups excluding tert-OH is 1. The molecule has 1 unspecified atom stereocenters. The van der Waals surface area contributed by atoms with Crippen LogP contribution in [-0.4, -0.2) is 10.1 Å². The van der Waals surface area contributed by atoms with E-state index in [2.05, 4.69) is 11.1 Å². The number of aromatic nitrogens is 1. The Morgan fingerprint density at radius 2 is 2.07 bits per heavy atom. The van der Waals surface area contributed by atoms with E-state index >= 15 is 0 Å². The van der Waals surface area contributed by atoms with Gasteiger partial charge in [0.1, 0.15) is 0 Å². The molecule has 0 aliphatic rings. The number of hydrogen-bond donors (Lipinski definition) is 1. The first-order valence-electron chi connectivity index (χ1n) is 4.71. The lowest BCUT2D eigenvalue weighted by molar-refractivity contribution is 0.199. The van der Waals surface area contributed by atoms with Gasteiger partial charge in [0.2, 0.25) is 0 Å². The zero-order valence-corrected chi connectivity index (χ0v) is 8.36. The van der Waals surface area contributed by atoms with Crippen molar-refractivity contribution in [3.8, 4) is 0 Å². The van der Waals surface area contributed by atoms with Crippen molar-refractivity contribution < 1.29 is 5.11 Å². The highest BCUT2D eigenvalue weighted by Gasteiger charge is 2.02. The van der Waals surface area contributed by atoms with E-state index in [0.717, 1.165) is 22.0 Å². The van der Waals surface area contributed by atoms with Crippen LogP contribution in [0.2, 0.25) is 0 Å². The number of nitrogens with zero attached hydrogens (tertiary/aromatic N) is 1. The first-order valence-corrected chi connectivity index (χ1v) is 4.71. The van der Waals surface area contributed by atoms with Gasteiger partial charge in [0.05, 0.1) is 11.6 Å². The molecule has 0 radical (unpaired) electrons. The molecule has 1 aromatic carbocycles. The molecule has 2 aromatic rings. The molecule has 0 saturated carbocycles. The van der Waals surface area contributed by atoms with Crippen molar-refractivity contribution in [1.29, 1.82) is 0 Å². The van der Waals surface area contributed by atoms with E-state index in [1.807, 2.05) is 31.3 Å². The number of hydrogen-bond acceptors (Lipinski definition) is 2. The third-order valence-electron chi connectivity index (χ3n) is 2.33. The second-order valence-electron chi connectivity index (χ2n) is 3.64. The van der Waals surface area contributed by atoms with Crippen LogP contribution in [0.5, 0.6) is 0 Å². The molecule has 2 nitrogen and oxygen atoms in total. The van der Waals surface area contributed by atoms with Crippen molar-refractivity contribution in [1.82, 2.24) is 4.98 Å². The third kappa shape index (κ3) is 1.61. The number of pyridine rings is 1. The molecular weight excluding hydrogens is 174 g/mol. The molecule has 1 atom stereocenters. The summed E-state index contributed by atoms with van der Waals surface area (Å²) in [6.45, 7) is 3.78. The van der Waals surface area contributed by atoms with E-state index in [1.165, 1.54) is 0 Å². The molecule has 0 amide bonds. The number of benzene rings is 1. The standard InChI is InChI=1S/C12H13NO/c1-8-5-11-4-3-10(9(2)14)6-12(11)13-7-8/h3-7,9,14H,1-2H3. The van der Waals surface area contributed by atoms with Crippen molar-refractivity contribution in [3.63, 3.8) is 0 Å². The molecule has 1 heterocycles. The molecule has 14 heavy (non-hydrogen) atoms. The number of aliphatic hydroxyl groups is 1. The first-order chi connectivity index (χ1) is 6.66. The van der Waals surface area contributed by atoms with Gasteiger partial charge in [-0.15, -0.1) is 0 Å². The average Bonchev–Trinajstić information content (AvgIpc) is 2.16. The fourth-order valence-corrected chi connectivity index (χ4v) is 1.51. The summed E-state index contributed by atoms with van der Waals surface area (Å²) >= 11 is 0. The highest BCUT2D eigenvalue weighted by atomic mass is 16.3. The van der Waals surface area contributed by atoms with E-state index in [-0.39, 0.29) is 0 Å². The van der Waals surface area contributed by atoms with Crippen molar-refractivity contribution >= 4 is 10.9 Å². The van der Waals surface area contributed by atoms with Crippen molar-refractivity contribution in [2.75, 3.05) is 0 Å². The maximum Gasteiger partial charge on any atom is 0.0762 e. The molecule has 0 saturated heterocycles. The highest BCUT2D eigenvalue weighted by molar-refractivity contribution is 5.79. The zero-order chi connectivity index (χ0) is 10.1. The molecule has 0 spiro atoms. The largest absolute Gasteiger partial charge is 0.389 e. The van der Waals surface area contributed by atoms with E-state index in [9.17, 15) is 5.11 Å². The Kier molecular flexibility index (Phi) is 2.22. The van der Waals surface area contributed by atoms with E-state index in [0.29, 0.717) is 0 Å². The van der Waals surface area contributed by atoms with Crippen molar-refractivity contribution in [2.45, 2.75) is 20.0 Å². The number of fused-ring (bicyclic) bond motifs is 1. The molecule has 0 fully saturated rings. The van der Waals surface area contributed by atoms with Gasteiger partial charge in [-0.2, -0.15) is 0 Å². The molecule has 0 aliphatic carbocycles. The second kappa shape index (κ2) is 3.39. The lowest BCUT2D eigenvalue weighted by Gasteiger charge is -2.05. The maximum atomic E-state index is 9.41. The van der Waals surface area contributed by atoms with E-state index in [1.54, 1.807) is 6.92 Å². The van der Waals surface area contributed by atoms with Gasteiger partial charge < -0.3 is 5.11 Å². The topological polar surface area (TPSA) is 33.1 Å². The SMILES string of the molecule is Cc1cnc2cc(C(C)O)ccc2c1. The fraction of sp³-hybridized carbons (Fsp3) is 0.250. The Bertz CT molecular complexity index is 463. The van der Waals surface area contributed by atoms with Crippen LogP contribution in [0, 0.1) is 6.92 Å². The van der Waals surface area contributed by atoms with E-state index < -0.39 is 6.10 Å². The Morgan fingerprint density at radius 1 is 1.29 bits per heavy atom. The van der Waals surface area contributed by atoms with Crippen molar-refractivity contribution in [2.24, 2.45) is 0 Å². The molecule has 0 bridgehead atoms. The van der Waals surface area contributed by atoms with Crippen LogP contribution in [0.3, 0.4) is 0 Å². The van der Waals surface area contributed by atoms with Crippen LogP contribution in [-0.2, 0) is 0 Å². The summed E-state index contributed by atoms with van der Waals surface area (Å²) in [7, 11) is 0. The summed E-state index contributed by atoms with van der Waals surface area (Å²) in [5, 5.41) is 10.5. The Morgan fingerprint density at radius 3 is 2.79 bits per heavy atom. The fourth-order valence-electron chi connectivity index (χ4n) is 1.51. The summed E-state index contributed by atoms with van der Waals surface area (Å²) in [5.74, 6) is 0. The van der Waals surface area contributed by atoms with Crippen LogP contribution >= 0.6 is 0 Å². The predicted octanol–water partition coefficient (Wildman–Crippen LogP) is 2.60. The Hall–Kier alpha value is -1.41. The van der Waals surface area contributed by atoms with Crippen LogP contribution in [0.1, 0.15) is 24.2 Å². The van der Waals surface area contributed by atoms with Gasteiger partial charge in [-0.25, -0.2) is 0 Å². The molecule has 0 aliphatic heterocycles. The monoisotopic (exact) mass is 187 g/mol. The molecule has 2 heteroatoms. The van der Waals surface area contributed by atoms with Gasteiger partial charge >= 0.3 is 0 Å². The van der Waals surface area contributed by atoms with Crippen LogP contribution in [0.25, 0.3) is 10.9 Å². The molecule has 2 rings (SSSR count). The maximum absolute atomic E-state index is 9.41. The summed E-state index contributed by atoms with van der Waals surface area (Å²) in [4.78, 5) is 4.31. The van der Waals surface area contributed by atoms with Gasteiger partial charge in [0.25, 0.3) is 0 Å². The normalized spacial score (nSPS) is 13.1. The van der Waals surface area contributed by atoms with Crippen molar-refractivity contribution in [3.05, 3.63) is 41.6 Å². The Labute approximate surface area is 83.2 Å². The summed E-state index contributed by atoms with van der Waals surface area (Å²) in [6, 6.07) is 7.96. The van der Waals surface area contributed by atoms with E-state index in [4.69, 9.17) is 0 Å². The lowest BCUT2D eigenvalue weighted by Crippen LogP contribution is -1.91. The average molecular weight is 187 g/mol. The van der Waals surface area contributed by atoms with Crippen LogP contribution in [0.4, 0.5) is 0 Å². The lowest BCUT2D eigenvalue weighted by atomic mass is 10.1. The minimum atomic E-state index is -0.428. The molecule has 72 valence electrons. The molecule has 1 aromatic heterocycles. The van der Waals surface area contributed by atoms with Gasteiger partial charge in [0.15, 0.2) is 0 Å². The minimum absolute atomic E-state index is 0.428.